The number of carbonyl (C=O) groups is 3. The predicted octanol–water partition coefficient (Wildman–Crippen LogP) is 2.54. The van der Waals surface area contributed by atoms with Crippen LogP contribution in [0.15, 0.2) is 0 Å². The lowest BCUT2D eigenvalue weighted by molar-refractivity contribution is -0.147. The molecule has 27 heavy (non-hydrogen) atoms. The van der Waals surface area contributed by atoms with Crippen LogP contribution in [-0.4, -0.2) is 60.1 Å². The van der Waals surface area contributed by atoms with Crippen molar-refractivity contribution in [2.75, 3.05) is 14.2 Å². The molecule has 0 unspecified atom stereocenters. The van der Waals surface area contributed by atoms with E-state index in [4.69, 9.17) is 4.74 Å². The number of carbonyl (C=O) groups excluding carboxylic acids is 2. The summed E-state index contributed by atoms with van der Waals surface area (Å²) in [6.07, 6.45) is 0.322. The van der Waals surface area contributed by atoms with E-state index in [9.17, 15) is 19.5 Å². The van der Waals surface area contributed by atoms with E-state index in [2.05, 4.69) is 5.32 Å². The first-order valence-electron chi connectivity index (χ1n) is 9.76. The molecule has 7 nitrogen and oxygen atoms in total. The highest BCUT2D eigenvalue weighted by Gasteiger charge is 2.37. The van der Waals surface area contributed by atoms with Crippen LogP contribution in [0, 0.1) is 17.8 Å². The molecule has 0 aliphatic rings. The minimum absolute atomic E-state index is 0.0439. The molecule has 2 amide bonds. The second-order valence-electron chi connectivity index (χ2n) is 8.08. The molecule has 0 aromatic heterocycles. The molecule has 0 aliphatic heterocycles. The third-order valence-corrected chi connectivity index (χ3v) is 4.92. The first-order chi connectivity index (χ1) is 12.5. The average Bonchev–Trinajstić information content (AvgIpc) is 2.56. The Morgan fingerprint density at radius 2 is 1.63 bits per heavy atom. The number of carboxylic acid groups (broad SMARTS) is 1. The van der Waals surface area contributed by atoms with Gasteiger partial charge in [0, 0.05) is 20.6 Å². The van der Waals surface area contributed by atoms with Gasteiger partial charge in [0.05, 0.1) is 18.6 Å². The van der Waals surface area contributed by atoms with Crippen molar-refractivity contribution in [3.8, 4) is 0 Å². The number of carboxylic acids is 1. The maximum absolute atomic E-state index is 13.2. The third kappa shape index (κ3) is 8.28. The van der Waals surface area contributed by atoms with Crippen LogP contribution in [0.5, 0.6) is 0 Å². The maximum atomic E-state index is 13.2. The summed E-state index contributed by atoms with van der Waals surface area (Å²) in [6, 6.07) is -1.05. The molecule has 0 saturated heterocycles. The fourth-order valence-electron chi connectivity index (χ4n) is 3.24. The highest BCUT2D eigenvalue weighted by Crippen LogP contribution is 2.23. The molecule has 2 N–H and O–H groups in total. The van der Waals surface area contributed by atoms with Crippen molar-refractivity contribution in [2.45, 2.75) is 79.0 Å². The summed E-state index contributed by atoms with van der Waals surface area (Å²) < 4.78 is 5.43. The second kappa shape index (κ2) is 12.0. The van der Waals surface area contributed by atoms with Gasteiger partial charge in [0.15, 0.2) is 0 Å². The molecule has 0 aliphatic carbocycles. The van der Waals surface area contributed by atoms with Crippen molar-refractivity contribution < 1.29 is 24.2 Å². The molecule has 0 saturated carbocycles. The van der Waals surface area contributed by atoms with E-state index in [0.29, 0.717) is 6.42 Å². The predicted molar refractivity (Wildman–Crippen MR) is 105 cm³/mol. The molecule has 0 aromatic rings. The maximum Gasteiger partial charge on any atom is 0.306 e. The first kappa shape index (κ1) is 25.4. The van der Waals surface area contributed by atoms with Crippen LogP contribution < -0.4 is 5.32 Å². The van der Waals surface area contributed by atoms with E-state index in [1.807, 2.05) is 41.5 Å². The summed E-state index contributed by atoms with van der Waals surface area (Å²) in [6.45, 7) is 11.6. The monoisotopic (exact) mass is 386 g/mol. The van der Waals surface area contributed by atoms with Gasteiger partial charge in [-0.3, -0.25) is 14.4 Å². The molecule has 0 heterocycles. The summed E-state index contributed by atoms with van der Waals surface area (Å²) >= 11 is 0. The average molecular weight is 387 g/mol. The van der Waals surface area contributed by atoms with Crippen LogP contribution in [0.2, 0.25) is 0 Å². The Balaban J connectivity index is 5.56. The first-order valence-corrected chi connectivity index (χ1v) is 9.76. The number of likely N-dealkylation sites (N-methyl/N-ethyl adjacent to an activating group) is 1. The van der Waals surface area contributed by atoms with Gasteiger partial charge >= 0.3 is 5.97 Å². The molecule has 0 fully saturated rings. The summed E-state index contributed by atoms with van der Waals surface area (Å²) in [5.41, 5.74) is 0. The lowest BCUT2D eigenvalue weighted by Gasteiger charge is -2.39. The Labute approximate surface area is 163 Å². The Morgan fingerprint density at radius 3 is 2.00 bits per heavy atom. The van der Waals surface area contributed by atoms with Gasteiger partial charge in [-0.05, 0) is 17.8 Å². The number of nitrogens with zero attached hydrogens (tertiary/aromatic N) is 1. The van der Waals surface area contributed by atoms with Gasteiger partial charge < -0.3 is 20.1 Å². The fourth-order valence-corrected chi connectivity index (χ4v) is 3.24. The van der Waals surface area contributed by atoms with Crippen molar-refractivity contribution in [3.63, 3.8) is 0 Å². The zero-order chi connectivity index (χ0) is 21.3. The normalized spacial score (nSPS) is 15.9. The van der Waals surface area contributed by atoms with E-state index in [0.717, 1.165) is 6.42 Å². The van der Waals surface area contributed by atoms with Gasteiger partial charge in [0.1, 0.15) is 6.04 Å². The van der Waals surface area contributed by atoms with Gasteiger partial charge in [0.2, 0.25) is 11.8 Å². The molecule has 0 radical (unpaired) electrons. The Bertz CT molecular complexity index is 493. The molecule has 0 bridgehead atoms. The lowest BCUT2D eigenvalue weighted by atomic mass is 9.90. The van der Waals surface area contributed by atoms with Gasteiger partial charge in [0.25, 0.3) is 0 Å². The SMILES string of the molecule is CC[C@H](C)[C@@H]([C@@H](CC(=O)O)OC)N(C)C(=O)[C@@H](NC(=O)CC(C)C)C(C)C. The highest BCUT2D eigenvalue weighted by atomic mass is 16.5. The van der Waals surface area contributed by atoms with Gasteiger partial charge in [-0.1, -0.05) is 48.0 Å². The van der Waals surface area contributed by atoms with E-state index in [-0.39, 0.29) is 36.0 Å². The number of methoxy groups -OCH3 is 1. The van der Waals surface area contributed by atoms with Gasteiger partial charge in [-0.15, -0.1) is 0 Å². The smallest absolute Gasteiger partial charge is 0.306 e. The van der Waals surface area contributed by atoms with Gasteiger partial charge in [-0.25, -0.2) is 0 Å². The Morgan fingerprint density at radius 1 is 1.07 bits per heavy atom. The van der Waals surface area contributed by atoms with Crippen LogP contribution in [0.25, 0.3) is 0 Å². The quantitative estimate of drug-likeness (QED) is 0.537. The highest BCUT2D eigenvalue weighted by molar-refractivity contribution is 5.88. The number of hydrogen-bond donors (Lipinski definition) is 2. The van der Waals surface area contributed by atoms with E-state index < -0.39 is 24.2 Å². The van der Waals surface area contributed by atoms with Crippen LogP contribution in [0.1, 0.15) is 60.8 Å². The molecular formula is C20H38N2O5. The number of ether oxygens (including phenoxy) is 1. The number of rotatable bonds is 12. The summed E-state index contributed by atoms with van der Waals surface area (Å²) in [5, 5.41) is 12.0. The van der Waals surface area contributed by atoms with Crippen molar-refractivity contribution in [1.82, 2.24) is 10.2 Å². The zero-order valence-electron chi connectivity index (χ0n) is 18.1. The van der Waals surface area contributed by atoms with Crippen molar-refractivity contribution in [2.24, 2.45) is 17.8 Å². The molecule has 4 atom stereocenters. The van der Waals surface area contributed by atoms with Crippen molar-refractivity contribution in [1.29, 1.82) is 0 Å². The topological polar surface area (TPSA) is 95.9 Å². The standard InChI is InChI=1S/C20H38N2O5/c1-9-14(6)19(15(27-8)11-17(24)25)22(7)20(26)18(13(4)5)21-16(23)10-12(2)3/h12-15,18-19H,9-11H2,1-8H3,(H,21,23)(H,24,25)/t14-,15+,18-,19-/m0/s1. The third-order valence-electron chi connectivity index (χ3n) is 4.92. The lowest BCUT2D eigenvalue weighted by Crippen LogP contribution is -2.57. The Kier molecular flexibility index (Phi) is 11.2. The summed E-state index contributed by atoms with van der Waals surface area (Å²) in [5.74, 6) is -1.19. The summed E-state index contributed by atoms with van der Waals surface area (Å²) in [4.78, 5) is 38.2. The van der Waals surface area contributed by atoms with Crippen molar-refractivity contribution in [3.05, 3.63) is 0 Å². The number of amides is 2. The van der Waals surface area contributed by atoms with Crippen LogP contribution in [0.4, 0.5) is 0 Å². The second-order valence-corrected chi connectivity index (χ2v) is 8.08. The van der Waals surface area contributed by atoms with Crippen LogP contribution >= 0.6 is 0 Å². The van der Waals surface area contributed by atoms with Crippen LogP contribution in [-0.2, 0) is 19.1 Å². The molecular weight excluding hydrogens is 348 g/mol. The zero-order valence-corrected chi connectivity index (χ0v) is 18.1. The van der Waals surface area contributed by atoms with E-state index in [1.54, 1.807) is 11.9 Å². The Hall–Kier alpha value is -1.63. The fraction of sp³-hybridized carbons (Fsp3) is 0.850. The molecule has 0 rings (SSSR count). The van der Waals surface area contributed by atoms with Crippen molar-refractivity contribution >= 4 is 17.8 Å². The van der Waals surface area contributed by atoms with Gasteiger partial charge in [-0.2, -0.15) is 0 Å². The molecule has 0 spiro atoms. The number of aliphatic carboxylic acids is 1. The number of hydrogen-bond acceptors (Lipinski definition) is 4. The number of nitrogens with one attached hydrogen (secondary N) is 1. The molecule has 0 aromatic carbocycles. The minimum Gasteiger partial charge on any atom is -0.481 e. The van der Waals surface area contributed by atoms with Crippen LogP contribution in [0.3, 0.4) is 0 Å². The largest absolute Gasteiger partial charge is 0.481 e. The molecule has 7 heteroatoms. The van der Waals surface area contributed by atoms with E-state index in [1.165, 1.54) is 7.11 Å². The summed E-state index contributed by atoms with van der Waals surface area (Å²) in [7, 11) is 3.13. The van der Waals surface area contributed by atoms with E-state index >= 15 is 0 Å². The molecule has 158 valence electrons. The minimum atomic E-state index is -0.971.